The van der Waals surface area contributed by atoms with Crippen LogP contribution in [0, 0.1) is 174 Å². The number of hydrogen-bond acceptors (Lipinski definition) is 19. The molecule has 16 aliphatic rings. The van der Waals surface area contributed by atoms with Crippen molar-refractivity contribution in [3.8, 4) is 0 Å². The molecule has 8 saturated carbocycles. The molecule has 19 heteroatoms. The van der Waals surface area contributed by atoms with E-state index in [0.717, 1.165) is 154 Å². The van der Waals surface area contributed by atoms with E-state index in [-0.39, 0.29) is 194 Å². The van der Waals surface area contributed by atoms with Crippen LogP contribution in [-0.4, -0.2) is 158 Å². The van der Waals surface area contributed by atoms with Crippen LogP contribution in [0.5, 0.6) is 0 Å². The Morgan fingerprint density at radius 3 is 1.24 bits per heavy atom. The van der Waals surface area contributed by atoms with Gasteiger partial charge in [0.1, 0.15) is 35.0 Å². The fraction of sp³-hybridized carbons (Fsp3) is 0.783. The maximum absolute atomic E-state index is 14.0. The molecule has 39 atom stereocenters. The number of ketones is 10. The van der Waals surface area contributed by atoms with Gasteiger partial charge in [-0.1, -0.05) is 180 Å². The quantitative estimate of drug-likeness (QED) is 0.0405. The summed E-state index contributed by atoms with van der Waals surface area (Å²) < 4.78 is 0. The van der Waals surface area contributed by atoms with Gasteiger partial charge in [-0.15, -0.1) is 0 Å². The number of Topliss-reactive ketones (excluding diaryl/α,β-unsaturated/α-hetero) is 10. The second-order valence-corrected chi connectivity index (χ2v) is 51.7. The first-order valence-corrected chi connectivity index (χ1v) is 54.6. The van der Waals surface area contributed by atoms with Gasteiger partial charge in [-0.25, -0.2) is 0 Å². The Bertz CT molecular complexity index is 5040. The summed E-state index contributed by atoms with van der Waals surface area (Å²) in [5.41, 5.74) is 4.20. The predicted octanol–water partition coefficient (Wildman–Crippen LogP) is 20.3. The Labute approximate surface area is 832 Å². The van der Waals surface area contributed by atoms with Crippen molar-refractivity contribution in [2.45, 2.75) is 419 Å². The van der Waals surface area contributed by atoms with E-state index in [1.807, 2.05) is 55.4 Å². The normalized spacial score (nSPS) is 43.5. The van der Waals surface area contributed by atoms with Crippen molar-refractivity contribution < 1.29 is 93.9 Å². The van der Waals surface area contributed by atoms with Crippen LogP contribution in [0.3, 0.4) is 0 Å². The molecule has 16 aliphatic carbocycles. The molecule has 0 bridgehead atoms. The van der Waals surface area contributed by atoms with E-state index in [0.29, 0.717) is 123 Å². The van der Waals surface area contributed by atoms with Gasteiger partial charge in [0.05, 0.1) is 47.8 Å². The van der Waals surface area contributed by atoms with Crippen LogP contribution in [0.25, 0.3) is 0 Å². The Morgan fingerprint density at radius 2 is 0.777 bits per heavy atom. The van der Waals surface area contributed by atoms with Crippen molar-refractivity contribution in [2.24, 2.45) is 174 Å². The molecule has 39 unspecified atom stereocenters. The summed E-state index contributed by atoms with van der Waals surface area (Å²) in [5.74, 6) is 2.75. The van der Waals surface area contributed by atoms with E-state index in [1.54, 1.807) is 34.6 Å². The second kappa shape index (κ2) is 40.1. The van der Waals surface area contributed by atoms with Crippen molar-refractivity contribution in [3.05, 3.63) is 93.2 Å². The maximum atomic E-state index is 14.0. The first-order valence-electron chi connectivity index (χ1n) is 54.6. The van der Waals surface area contributed by atoms with Crippen LogP contribution in [0.2, 0.25) is 0 Å². The lowest BCUT2D eigenvalue weighted by atomic mass is 9.47. The third-order valence-electron chi connectivity index (χ3n) is 44.6. The average molecular weight is 1930 g/mol. The van der Waals surface area contributed by atoms with Crippen molar-refractivity contribution in [1.82, 2.24) is 0 Å². The van der Waals surface area contributed by atoms with Crippen LogP contribution in [-0.2, 0) is 47.9 Å². The molecule has 0 saturated heterocycles. The Morgan fingerprint density at radius 1 is 0.396 bits per heavy atom. The number of aliphatic hydroxyl groups is 9. The minimum Gasteiger partial charge on any atom is -0.393 e. The van der Waals surface area contributed by atoms with Gasteiger partial charge in [-0.05, 0) is 335 Å². The fourth-order valence-electron chi connectivity index (χ4n) is 34.7. The highest BCUT2D eigenvalue weighted by Gasteiger charge is 2.71. The fourth-order valence-corrected chi connectivity index (χ4v) is 34.7. The molecule has 139 heavy (non-hydrogen) atoms. The summed E-state index contributed by atoms with van der Waals surface area (Å²) in [6, 6.07) is 0. The van der Waals surface area contributed by atoms with Crippen molar-refractivity contribution in [3.63, 3.8) is 0 Å². The summed E-state index contributed by atoms with van der Waals surface area (Å²) in [5, 5.41) is 101. The van der Waals surface area contributed by atoms with Gasteiger partial charge in [0, 0.05) is 117 Å². The van der Waals surface area contributed by atoms with Crippen molar-refractivity contribution in [1.29, 1.82) is 0 Å². The average Bonchev–Trinajstić information content (AvgIpc) is 1.59. The molecule has 8 fully saturated rings. The number of aliphatic hydroxyl groups excluding tert-OH is 7. The molecule has 0 amide bonds. The van der Waals surface area contributed by atoms with E-state index in [2.05, 4.69) is 102 Å². The lowest BCUT2D eigenvalue weighted by molar-refractivity contribution is -0.170. The predicted molar refractivity (Wildman–Crippen MR) is 542 cm³/mol. The van der Waals surface area contributed by atoms with E-state index in [1.165, 1.54) is 0 Å². The third kappa shape index (κ3) is 18.4. The Balaban J connectivity index is 0.000000156. The summed E-state index contributed by atoms with van der Waals surface area (Å²) >= 11 is 0. The summed E-state index contributed by atoms with van der Waals surface area (Å²) in [6.45, 7) is 64.4. The van der Waals surface area contributed by atoms with E-state index >= 15 is 0 Å². The van der Waals surface area contributed by atoms with Gasteiger partial charge >= 0.3 is 0 Å². The largest absolute Gasteiger partial charge is 0.393 e. The summed E-state index contributed by atoms with van der Waals surface area (Å²) in [6.07, 6.45) is 17.3. The monoisotopic (exact) mass is 1930 g/mol. The highest BCUT2D eigenvalue weighted by molar-refractivity contribution is 6.11. The minimum absolute atomic E-state index is 0.00177. The van der Waals surface area contributed by atoms with Crippen LogP contribution >= 0.6 is 0 Å². The molecule has 16 rings (SSSR count). The smallest absolute Gasteiger partial charge is 0.188 e. The van der Waals surface area contributed by atoms with Gasteiger partial charge in [-0.2, -0.15) is 0 Å². The highest BCUT2D eigenvalue weighted by Crippen LogP contribution is 2.73. The molecular formula is C120H180O19. The molecule has 0 aromatic carbocycles. The lowest BCUT2D eigenvalue weighted by Crippen LogP contribution is -2.61. The molecule has 0 aromatic heterocycles. The van der Waals surface area contributed by atoms with Crippen molar-refractivity contribution >= 4 is 57.8 Å². The zero-order valence-electron chi connectivity index (χ0n) is 89.6. The number of rotatable bonds is 24. The maximum Gasteiger partial charge on any atom is 0.188 e. The highest BCUT2D eigenvalue weighted by atomic mass is 16.3. The summed E-state index contributed by atoms with van der Waals surface area (Å²) in [4.78, 5) is 129. The standard InChI is InChI=1S/2C30H44O5.C30H46O5.C30H46O4/c1-16(18(3)20(5)31)8-9-17(2)21-10-13-30(35)27-24(33)14-22-19(4)23(32)11-12-28(22,6)26(27)25(34)15-29(21,30)7;1-16(18(3)19(4)31)8-9-17(2)20-10-11-21-26-22(32)14-24-28(5,13-12-25(34)30(24,7)35)27(26)23(33)15-29(20,21)6;1-15(17(3)19(5)31)8-9-16(2)20-10-11-21-25-24(33)14-22-18(4)23(32)12-13-29(22,6)26(25)27(34)28(35)30(20,21)7;1-16(18(3)20(5)31)8-9-17(2)21-10-11-22-27-25(33)14-23-19(4)24(32)12-13-29(23,6)28(27)26(34)15-30(21,22)7/h17-19,21-22,24,33,35H,1,8-15H2,2-7H3;17-18,20-21,24-25,34-35H,1,8-15H2,2-7H3;16-18,20-24,28,32-33,35H,1,8-14H2,2-7H3;17-19,21-25,32-33H,1,8-15H2,2-7H3. The molecule has 0 spiro atoms. The van der Waals surface area contributed by atoms with Crippen molar-refractivity contribution in [2.75, 3.05) is 0 Å². The van der Waals surface area contributed by atoms with E-state index in [9.17, 15) is 93.9 Å². The van der Waals surface area contributed by atoms with Crippen LogP contribution in [0.15, 0.2) is 93.2 Å². The van der Waals surface area contributed by atoms with Gasteiger partial charge in [0.15, 0.2) is 28.9 Å². The molecule has 0 aromatic rings. The number of carbonyl (C=O) groups is 10. The molecule has 0 radical (unpaired) electrons. The zero-order chi connectivity index (χ0) is 103. The number of fused-ring (bicyclic) bond motifs is 16. The first-order chi connectivity index (χ1) is 64.4. The zero-order valence-corrected chi connectivity index (χ0v) is 89.6. The Kier molecular flexibility index (Phi) is 31.9. The van der Waals surface area contributed by atoms with Gasteiger partial charge < -0.3 is 46.0 Å². The summed E-state index contributed by atoms with van der Waals surface area (Å²) in [7, 11) is 0. The molecule has 19 nitrogen and oxygen atoms in total. The lowest BCUT2D eigenvalue weighted by Gasteiger charge is -2.58. The van der Waals surface area contributed by atoms with Gasteiger partial charge in [-0.3, -0.25) is 47.9 Å². The molecule has 0 aliphatic heterocycles. The molecule has 9 N–H and O–H groups in total. The number of hydrogen-bond donors (Lipinski definition) is 9. The van der Waals surface area contributed by atoms with Gasteiger partial charge in [0.25, 0.3) is 0 Å². The molecular weight excluding hydrogens is 1750 g/mol. The molecule has 774 valence electrons. The minimum atomic E-state index is -1.38. The van der Waals surface area contributed by atoms with Crippen LogP contribution < -0.4 is 0 Å². The Hall–Kier alpha value is -5.74. The SMILES string of the molecule is C=C(CCC(C)C1CCC2(O)C3=C(C(=O)CC12C)C1(C)CCC(=O)C(C)C1CC3O)C(C)C(C)=O.C=C(CCC(C)C1CCC2C3=C(C(=O)C(O)C21C)C1(C)CCC(O)C(C)C1CC3O)C(C)C(C)=O.C=C(CCC(C)C1CCC2C3=C(C(=O)CC21C)C1(C)CCC(O)C(C)(O)C1CC3=O)C(C)C(C)=O.C=C(CCC(C)C1CCC2C3=C(C(=O)CC21C)C1(C)CCC(O)C(C)C1CC3O)C(C)C(C)=O. The van der Waals surface area contributed by atoms with Crippen LogP contribution in [0.1, 0.15) is 365 Å². The first kappa shape index (κ1) is 110. The van der Waals surface area contributed by atoms with Gasteiger partial charge in [0.2, 0.25) is 0 Å². The second-order valence-electron chi connectivity index (χ2n) is 51.7. The van der Waals surface area contributed by atoms with E-state index < -0.39 is 80.8 Å². The molecule has 0 heterocycles. The topological polar surface area (TPSA) is 353 Å². The third-order valence-corrected chi connectivity index (χ3v) is 44.6. The van der Waals surface area contributed by atoms with E-state index in [4.69, 9.17) is 0 Å². The number of allylic oxidation sites excluding steroid dienone is 8. The van der Waals surface area contributed by atoms with Crippen LogP contribution in [0.4, 0.5) is 0 Å². The number of carbonyl (C=O) groups excluding carboxylic acids is 10.